The molecular weight excluding hydrogens is 216 g/mol. The van der Waals surface area contributed by atoms with E-state index in [2.05, 4.69) is 5.32 Å². The Morgan fingerprint density at radius 2 is 1.82 bits per heavy atom. The zero-order chi connectivity index (χ0) is 12.6. The van der Waals surface area contributed by atoms with Crippen molar-refractivity contribution in [3.63, 3.8) is 0 Å². The Kier molecular flexibility index (Phi) is 3.15. The summed E-state index contributed by atoms with van der Waals surface area (Å²) in [7, 11) is 0. The Labute approximate surface area is 103 Å². The van der Waals surface area contributed by atoms with Crippen molar-refractivity contribution < 1.29 is 9.59 Å². The zero-order valence-corrected chi connectivity index (χ0v) is 11.0. The van der Waals surface area contributed by atoms with Crippen LogP contribution in [0.1, 0.15) is 52.9 Å². The number of amides is 2. The van der Waals surface area contributed by atoms with Crippen LogP contribution < -0.4 is 5.32 Å². The van der Waals surface area contributed by atoms with Gasteiger partial charge in [0.2, 0.25) is 11.8 Å². The van der Waals surface area contributed by atoms with E-state index in [1.54, 1.807) is 13.8 Å². The molecule has 0 bridgehead atoms. The summed E-state index contributed by atoms with van der Waals surface area (Å²) in [5.74, 6) is 0.0547. The summed E-state index contributed by atoms with van der Waals surface area (Å²) in [6, 6.07) is 0.358. The van der Waals surface area contributed by atoms with Crippen molar-refractivity contribution in [3.8, 4) is 0 Å². The molecule has 1 N–H and O–H groups in total. The average molecular weight is 238 g/mol. The van der Waals surface area contributed by atoms with Gasteiger partial charge in [-0.2, -0.15) is 0 Å². The summed E-state index contributed by atoms with van der Waals surface area (Å²) in [6.07, 6.45) is 4.98. The molecule has 0 spiro atoms. The molecule has 1 saturated heterocycles. The molecule has 2 amide bonds. The van der Waals surface area contributed by atoms with E-state index in [0.717, 1.165) is 12.8 Å². The number of carbonyl (C=O) groups is 2. The Balaban J connectivity index is 2.26. The van der Waals surface area contributed by atoms with Gasteiger partial charge in [-0.05, 0) is 33.6 Å². The Hall–Kier alpha value is -1.06. The number of hydrogen-bond donors (Lipinski definition) is 1. The first-order chi connectivity index (χ1) is 7.92. The van der Waals surface area contributed by atoms with Gasteiger partial charge in [-0.15, -0.1) is 0 Å². The first-order valence-corrected chi connectivity index (χ1v) is 6.55. The molecule has 1 heterocycles. The topological polar surface area (TPSA) is 49.4 Å². The molecule has 2 aliphatic rings. The zero-order valence-electron chi connectivity index (χ0n) is 11.0. The molecule has 4 nitrogen and oxygen atoms in total. The average Bonchev–Trinajstić information content (AvgIpc) is 2.66. The van der Waals surface area contributed by atoms with E-state index in [1.165, 1.54) is 12.8 Å². The second-order valence-corrected chi connectivity index (χ2v) is 5.88. The summed E-state index contributed by atoms with van der Waals surface area (Å²) in [5.41, 5.74) is -0.759. The predicted octanol–water partition coefficient (Wildman–Crippen LogP) is 1.44. The van der Waals surface area contributed by atoms with Crippen molar-refractivity contribution >= 4 is 11.8 Å². The van der Waals surface area contributed by atoms with Gasteiger partial charge in [0.15, 0.2) is 0 Å². The van der Waals surface area contributed by atoms with Gasteiger partial charge >= 0.3 is 0 Å². The maximum Gasteiger partial charge on any atom is 0.248 e. The van der Waals surface area contributed by atoms with E-state index >= 15 is 0 Å². The van der Waals surface area contributed by atoms with Gasteiger partial charge in [0.25, 0.3) is 0 Å². The Bertz CT molecular complexity index is 332. The Morgan fingerprint density at radius 1 is 1.24 bits per heavy atom. The highest BCUT2D eigenvalue weighted by Gasteiger charge is 2.42. The van der Waals surface area contributed by atoms with Crippen LogP contribution in [-0.4, -0.2) is 34.3 Å². The number of nitrogens with zero attached hydrogens (tertiary/aromatic N) is 1. The van der Waals surface area contributed by atoms with Crippen LogP contribution in [0.2, 0.25) is 0 Å². The van der Waals surface area contributed by atoms with Crippen LogP contribution in [0.5, 0.6) is 0 Å². The van der Waals surface area contributed by atoms with E-state index < -0.39 is 5.54 Å². The van der Waals surface area contributed by atoms with E-state index in [1.807, 2.05) is 11.8 Å². The molecule has 1 aliphatic heterocycles. The lowest BCUT2D eigenvalue weighted by molar-refractivity contribution is -0.141. The van der Waals surface area contributed by atoms with Crippen molar-refractivity contribution in [2.24, 2.45) is 0 Å². The lowest BCUT2D eigenvalue weighted by atomic mass is 10.0. The van der Waals surface area contributed by atoms with Crippen LogP contribution in [-0.2, 0) is 9.59 Å². The fourth-order valence-electron chi connectivity index (χ4n) is 3.05. The number of carbonyl (C=O) groups excluding carboxylic acids is 2. The van der Waals surface area contributed by atoms with Crippen LogP contribution in [0.3, 0.4) is 0 Å². The van der Waals surface area contributed by atoms with Crippen molar-refractivity contribution in [2.75, 3.05) is 0 Å². The third-order valence-electron chi connectivity index (χ3n) is 3.89. The van der Waals surface area contributed by atoms with Crippen molar-refractivity contribution in [1.82, 2.24) is 10.2 Å². The Morgan fingerprint density at radius 3 is 2.41 bits per heavy atom. The maximum atomic E-state index is 12.5. The van der Waals surface area contributed by atoms with Crippen molar-refractivity contribution in [1.29, 1.82) is 0 Å². The highest BCUT2D eigenvalue weighted by Crippen LogP contribution is 2.29. The summed E-state index contributed by atoms with van der Waals surface area (Å²) >= 11 is 0. The normalized spacial score (nSPS) is 30.3. The molecule has 0 aromatic heterocycles. The molecule has 0 radical (unpaired) electrons. The third-order valence-corrected chi connectivity index (χ3v) is 3.89. The third kappa shape index (κ3) is 2.31. The van der Waals surface area contributed by atoms with Crippen LogP contribution in [0.15, 0.2) is 0 Å². The molecule has 0 aromatic carbocycles. The molecule has 17 heavy (non-hydrogen) atoms. The minimum Gasteiger partial charge on any atom is -0.342 e. The van der Waals surface area contributed by atoms with Crippen LogP contribution in [0, 0.1) is 0 Å². The van der Waals surface area contributed by atoms with E-state index in [-0.39, 0.29) is 17.9 Å². The molecule has 1 saturated carbocycles. The minimum atomic E-state index is -0.759. The quantitative estimate of drug-likeness (QED) is 0.751. The molecule has 1 atom stereocenters. The van der Waals surface area contributed by atoms with Gasteiger partial charge in [-0.25, -0.2) is 0 Å². The summed E-state index contributed by atoms with van der Waals surface area (Å²) in [5, 5.41) is 2.82. The molecule has 4 heteroatoms. The molecule has 1 aliphatic carbocycles. The lowest BCUT2D eigenvalue weighted by Gasteiger charge is -2.36. The van der Waals surface area contributed by atoms with Gasteiger partial charge in [0, 0.05) is 18.5 Å². The second-order valence-electron chi connectivity index (χ2n) is 5.88. The number of nitrogens with one attached hydrogen (secondary N) is 1. The van der Waals surface area contributed by atoms with Crippen molar-refractivity contribution in [2.45, 2.75) is 70.5 Å². The molecule has 0 aromatic rings. The molecule has 2 fully saturated rings. The van der Waals surface area contributed by atoms with Crippen molar-refractivity contribution in [3.05, 3.63) is 0 Å². The number of rotatable bonds is 1. The van der Waals surface area contributed by atoms with Gasteiger partial charge in [-0.1, -0.05) is 12.8 Å². The number of hydrogen-bond acceptors (Lipinski definition) is 2. The predicted molar refractivity (Wildman–Crippen MR) is 65.4 cm³/mol. The standard InChI is InChI=1S/C13H22N2O2/c1-9-8-11(16)14-13(2,3)12(17)15(9)10-6-4-5-7-10/h9-10H,4-8H2,1-3H3,(H,14,16). The minimum absolute atomic E-state index is 0.0173. The summed E-state index contributed by atoms with van der Waals surface area (Å²) in [6.45, 7) is 5.58. The largest absolute Gasteiger partial charge is 0.342 e. The lowest BCUT2D eigenvalue weighted by Crippen LogP contribution is -2.56. The molecule has 96 valence electrons. The van der Waals surface area contributed by atoms with E-state index in [4.69, 9.17) is 0 Å². The molecule has 2 rings (SSSR count). The molecule has 1 unspecified atom stereocenters. The van der Waals surface area contributed by atoms with Crippen LogP contribution >= 0.6 is 0 Å². The maximum absolute atomic E-state index is 12.5. The van der Waals surface area contributed by atoms with Gasteiger partial charge in [0.1, 0.15) is 5.54 Å². The fourth-order valence-corrected chi connectivity index (χ4v) is 3.05. The van der Waals surface area contributed by atoms with Crippen LogP contribution in [0.25, 0.3) is 0 Å². The van der Waals surface area contributed by atoms with Gasteiger partial charge < -0.3 is 10.2 Å². The highest BCUT2D eigenvalue weighted by molar-refractivity contribution is 5.93. The smallest absolute Gasteiger partial charge is 0.248 e. The van der Waals surface area contributed by atoms with E-state index in [9.17, 15) is 9.59 Å². The highest BCUT2D eigenvalue weighted by atomic mass is 16.2. The molecular formula is C13H22N2O2. The summed E-state index contributed by atoms with van der Waals surface area (Å²) < 4.78 is 0. The van der Waals surface area contributed by atoms with Crippen LogP contribution in [0.4, 0.5) is 0 Å². The van der Waals surface area contributed by atoms with E-state index in [0.29, 0.717) is 12.5 Å². The van der Waals surface area contributed by atoms with Gasteiger partial charge in [-0.3, -0.25) is 9.59 Å². The SMILES string of the molecule is CC1CC(=O)NC(C)(C)C(=O)N1C1CCCC1. The first kappa shape index (κ1) is 12.4. The summed E-state index contributed by atoms with van der Waals surface area (Å²) in [4.78, 5) is 26.2. The first-order valence-electron chi connectivity index (χ1n) is 6.55. The van der Waals surface area contributed by atoms with Gasteiger partial charge in [0.05, 0.1) is 0 Å². The fraction of sp³-hybridized carbons (Fsp3) is 0.846. The monoisotopic (exact) mass is 238 g/mol. The second kappa shape index (κ2) is 4.31.